The molecule has 194 valence electrons. The predicted molar refractivity (Wildman–Crippen MR) is 146 cm³/mol. The van der Waals surface area contributed by atoms with Crippen molar-refractivity contribution in [3.8, 4) is 0 Å². The van der Waals surface area contributed by atoms with E-state index in [2.05, 4.69) is 10.6 Å². The lowest BCUT2D eigenvalue weighted by molar-refractivity contribution is -0.120. The smallest absolute Gasteiger partial charge is 0.338 e. The second kappa shape index (κ2) is 11.7. The van der Waals surface area contributed by atoms with Crippen LogP contribution in [-0.2, 0) is 14.3 Å². The van der Waals surface area contributed by atoms with Crippen LogP contribution >= 0.6 is 11.6 Å². The Balaban J connectivity index is 1.46. The van der Waals surface area contributed by atoms with Gasteiger partial charge in [-0.25, -0.2) is 9.69 Å². The predicted octanol–water partition coefficient (Wildman–Crippen LogP) is 5.64. The van der Waals surface area contributed by atoms with Crippen LogP contribution < -0.4 is 15.5 Å². The molecule has 38 heavy (non-hydrogen) atoms. The van der Waals surface area contributed by atoms with Crippen LogP contribution in [0.1, 0.15) is 46.0 Å². The summed E-state index contributed by atoms with van der Waals surface area (Å²) in [7, 11) is 0. The number of amides is 3. The molecule has 1 heterocycles. The maximum atomic E-state index is 13.1. The van der Waals surface area contributed by atoms with Crippen molar-refractivity contribution in [3.63, 3.8) is 0 Å². The number of halogens is 1. The Bertz CT molecular complexity index is 1430. The number of nitrogens with zero attached hydrogens (tertiary/aromatic N) is 1. The van der Waals surface area contributed by atoms with E-state index in [1.54, 1.807) is 30.3 Å². The zero-order valence-corrected chi connectivity index (χ0v) is 21.7. The molecule has 0 unspecified atom stereocenters. The largest absolute Gasteiger partial charge is 0.462 e. The first-order chi connectivity index (χ1) is 18.3. The zero-order valence-electron chi connectivity index (χ0n) is 20.9. The molecule has 1 aliphatic rings. The van der Waals surface area contributed by atoms with Crippen LogP contribution in [-0.4, -0.2) is 30.3 Å². The summed E-state index contributed by atoms with van der Waals surface area (Å²) in [4.78, 5) is 51.8. The van der Waals surface area contributed by atoms with Gasteiger partial charge in [0.1, 0.15) is 10.7 Å². The van der Waals surface area contributed by atoms with Gasteiger partial charge in [-0.1, -0.05) is 43.1 Å². The molecule has 0 saturated carbocycles. The van der Waals surface area contributed by atoms with E-state index in [9.17, 15) is 19.2 Å². The summed E-state index contributed by atoms with van der Waals surface area (Å²) >= 11 is 6.25. The van der Waals surface area contributed by atoms with Gasteiger partial charge in [-0.3, -0.25) is 14.4 Å². The maximum Gasteiger partial charge on any atom is 0.338 e. The molecule has 9 heteroatoms. The van der Waals surface area contributed by atoms with Crippen molar-refractivity contribution in [2.24, 2.45) is 0 Å². The van der Waals surface area contributed by atoms with Gasteiger partial charge in [0.05, 0.1) is 17.9 Å². The standard InChI is InChI=1S/C29H26ClN3O5/c1-3-4-15-38-29(37)19-11-13-23(14-12-19)33-27(35)24(30)25(28(33)36)31-22-10-6-8-20(17-22)26(34)32-21-9-5-7-18(2)16-21/h5-14,16-17,31H,3-4,15H2,1-2H3,(H,32,34). The van der Waals surface area contributed by atoms with E-state index in [4.69, 9.17) is 16.3 Å². The normalized spacial score (nSPS) is 13.1. The molecular formula is C29H26ClN3O5. The quantitative estimate of drug-likeness (QED) is 0.210. The van der Waals surface area contributed by atoms with Crippen molar-refractivity contribution in [1.29, 1.82) is 0 Å². The van der Waals surface area contributed by atoms with Gasteiger partial charge in [0.2, 0.25) is 0 Å². The average Bonchev–Trinajstić information content (AvgIpc) is 3.12. The molecule has 3 amide bonds. The second-order valence-electron chi connectivity index (χ2n) is 8.70. The van der Waals surface area contributed by atoms with Crippen LogP contribution in [0.3, 0.4) is 0 Å². The summed E-state index contributed by atoms with van der Waals surface area (Å²) in [6, 6.07) is 19.8. The van der Waals surface area contributed by atoms with E-state index in [1.165, 1.54) is 24.3 Å². The lowest BCUT2D eigenvalue weighted by Crippen LogP contribution is -2.32. The summed E-state index contributed by atoms with van der Waals surface area (Å²) in [6.45, 7) is 4.25. The third kappa shape index (κ3) is 5.92. The first-order valence-corrected chi connectivity index (χ1v) is 12.5. The Morgan fingerprint density at radius 2 is 1.61 bits per heavy atom. The number of ether oxygens (including phenoxy) is 1. The fraction of sp³-hybridized carbons (Fsp3) is 0.172. The molecule has 0 fully saturated rings. The van der Waals surface area contributed by atoms with Crippen LogP contribution in [0.25, 0.3) is 0 Å². The average molecular weight is 532 g/mol. The van der Waals surface area contributed by atoms with Crippen LogP contribution in [0.15, 0.2) is 83.5 Å². The number of hydrogen-bond donors (Lipinski definition) is 2. The monoisotopic (exact) mass is 531 g/mol. The third-order valence-electron chi connectivity index (χ3n) is 5.79. The van der Waals surface area contributed by atoms with Crippen LogP contribution in [0.2, 0.25) is 0 Å². The topological polar surface area (TPSA) is 105 Å². The Kier molecular flexibility index (Phi) is 8.23. The SMILES string of the molecule is CCCCOC(=O)c1ccc(N2C(=O)C(Cl)=C(Nc3cccc(C(=O)Nc4cccc(C)c4)c3)C2=O)cc1. The highest BCUT2D eigenvalue weighted by atomic mass is 35.5. The number of unbranched alkanes of at least 4 members (excludes halogenated alkanes) is 1. The van der Waals surface area contributed by atoms with Crippen molar-refractivity contribution >= 4 is 52.4 Å². The van der Waals surface area contributed by atoms with E-state index < -0.39 is 17.8 Å². The summed E-state index contributed by atoms with van der Waals surface area (Å²) < 4.78 is 5.19. The molecule has 0 bridgehead atoms. The molecule has 0 radical (unpaired) electrons. The van der Waals surface area contributed by atoms with E-state index >= 15 is 0 Å². The molecule has 0 saturated heterocycles. The summed E-state index contributed by atoms with van der Waals surface area (Å²) in [6.07, 6.45) is 1.67. The number of esters is 1. The summed E-state index contributed by atoms with van der Waals surface area (Å²) in [5.74, 6) is -2.17. The van der Waals surface area contributed by atoms with Gasteiger partial charge in [-0.15, -0.1) is 0 Å². The van der Waals surface area contributed by atoms with Crippen LogP contribution in [0.4, 0.5) is 17.1 Å². The van der Waals surface area contributed by atoms with Crippen molar-refractivity contribution in [3.05, 3.63) is 100 Å². The fourth-order valence-electron chi connectivity index (χ4n) is 3.79. The highest BCUT2D eigenvalue weighted by Crippen LogP contribution is 2.30. The molecule has 2 N–H and O–H groups in total. The summed E-state index contributed by atoms with van der Waals surface area (Å²) in [5.41, 5.74) is 2.87. The van der Waals surface area contributed by atoms with E-state index in [1.807, 2.05) is 32.0 Å². The molecule has 0 spiro atoms. The highest BCUT2D eigenvalue weighted by Gasteiger charge is 2.39. The van der Waals surface area contributed by atoms with Crippen LogP contribution in [0.5, 0.6) is 0 Å². The number of carbonyl (C=O) groups is 4. The van der Waals surface area contributed by atoms with Gasteiger partial charge in [0.15, 0.2) is 0 Å². The Morgan fingerprint density at radius 3 is 2.32 bits per heavy atom. The molecule has 0 aromatic heterocycles. The maximum absolute atomic E-state index is 13.1. The van der Waals surface area contributed by atoms with Crippen molar-refractivity contribution in [2.75, 3.05) is 22.1 Å². The second-order valence-corrected chi connectivity index (χ2v) is 9.08. The molecule has 3 aromatic carbocycles. The number of aryl methyl sites for hydroxylation is 1. The first kappa shape index (κ1) is 26.6. The zero-order chi connectivity index (χ0) is 27.2. The van der Waals surface area contributed by atoms with Gasteiger partial charge in [0.25, 0.3) is 17.7 Å². The number of imide groups is 1. The minimum atomic E-state index is -0.703. The molecular weight excluding hydrogens is 506 g/mol. The number of anilines is 3. The number of hydrogen-bond acceptors (Lipinski definition) is 6. The Labute approximate surface area is 225 Å². The van der Waals surface area contributed by atoms with E-state index in [-0.39, 0.29) is 22.3 Å². The first-order valence-electron chi connectivity index (χ1n) is 12.1. The van der Waals surface area contributed by atoms with Gasteiger partial charge >= 0.3 is 5.97 Å². The molecule has 8 nitrogen and oxygen atoms in total. The lowest BCUT2D eigenvalue weighted by atomic mass is 10.1. The van der Waals surface area contributed by atoms with E-state index in [0.717, 1.165) is 23.3 Å². The van der Waals surface area contributed by atoms with Gasteiger partial charge in [0, 0.05) is 16.9 Å². The lowest BCUT2D eigenvalue weighted by Gasteiger charge is -2.15. The molecule has 0 atom stereocenters. The Morgan fingerprint density at radius 1 is 0.895 bits per heavy atom. The summed E-state index contributed by atoms with van der Waals surface area (Å²) in [5, 5.41) is 5.43. The van der Waals surface area contributed by atoms with Gasteiger partial charge < -0.3 is 15.4 Å². The fourth-order valence-corrected chi connectivity index (χ4v) is 4.01. The molecule has 3 aromatic rings. The molecule has 4 rings (SSSR count). The van der Waals surface area contributed by atoms with E-state index in [0.29, 0.717) is 29.1 Å². The van der Waals surface area contributed by atoms with Crippen molar-refractivity contribution in [1.82, 2.24) is 0 Å². The number of nitrogens with one attached hydrogen (secondary N) is 2. The minimum absolute atomic E-state index is 0.115. The van der Waals surface area contributed by atoms with Crippen molar-refractivity contribution in [2.45, 2.75) is 26.7 Å². The van der Waals surface area contributed by atoms with Gasteiger partial charge in [-0.2, -0.15) is 0 Å². The number of rotatable bonds is 9. The minimum Gasteiger partial charge on any atom is -0.462 e. The Hall–Kier alpha value is -4.43. The van der Waals surface area contributed by atoms with Crippen molar-refractivity contribution < 1.29 is 23.9 Å². The van der Waals surface area contributed by atoms with Crippen LogP contribution in [0, 0.1) is 6.92 Å². The van der Waals surface area contributed by atoms with Gasteiger partial charge in [-0.05, 0) is 73.5 Å². The number of carbonyl (C=O) groups excluding carboxylic acids is 4. The molecule has 0 aliphatic carbocycles. The highest BCUT2D eigenvalue weighted by molar-refractivity contribution is 6.53. The number of benzene rings is 3. The third-order valence-corrected chi connectivity index (χ3v) is 6.14. The molecule has 1 aliphatic heterocycles.